The first-order valence-corrected chi connectivity index (χ1v) is 10.2. The molecule has 27 heavy (non-hydrogen) atoms. The largest absolute Gasteiger partial charge is 0.337 e. The van der Waals surface area contributed by atoms with Gasteiger partial charge >= 0.3 is 0 Å². The van der Waals surface area contributed by atoms with Gasteiger partial charge in [-0.3, -0.25) is 9.78 Å². The zero-order valence-electron chi connectivity index (χ0n) is 14.8. The summed E-state index contributed by atoms with van der Waals surface area (Å²) >= 11 is 0. The van der Waals surface area contributed by atoms with Crippen molar-refractivity contribution in [3.8, 4) is 0 Å². The number of nitrogens with zero attached hydrogens (tertiary/aromatic N) is 3. The molecule has 1 aliphatic heterocycles. The smallest absolute Gasteiger partial charge is 0.246 e. The number of sulfonamides is 1. The standard InChI is InChI=1S/C20H21N3O3S/c24-20(7-6-19-8-11-21-12-9-19)22-13-15-23(16-14-22)27(25,26)17-10-18-4-2-1-3-5-18/h1-12,17H,13-16H2/b7-6+,17-10+. The summed E-state index contributed by atoms with van der Waals surface area (Å²) < 4.78 is 26.3. The van der Waals surface area contributed by atoms with E-state index in [1.165, 1.54) is 15.8 Å². The highest BCUT2D eigenvalue weighted by molar-refractivity contribution is 7.92. The lowest BCUT2D eigenvalue weighted by Gasteiger charge is -2.32. The van der Waals surface area contributed by atoms with Crippen molar-refractivity contribution in [2.24, 2.45) is 0 Å². The number of aromatic nitrogens is 1. The van der Waals surface area contributed by atoms with Gasteiger partial charge in [-0.25, -0.2) is 8.42 Å². The molecule has 7 heteroatoms. The van der Waals surface area contributed by atoms with Gasteiger partial charge < -0.3 is 4.90 Å². The number of carbonyl (C=O) groups is 1. The van der Waals surface area contributed by atoms with Crippen molar-refractivity contribution in [3.63, 3.8) is 0 Å². The van der Waals surface area contributed by atoms with Crippen molar-refractivity contribution in [2.45, 2.75) is 0 Å². The summed E-state index contributed by atoms with van der Waals surface area (Å²) in [6.07, 6.45) is 8.16. The number of benzene rings is 1. The number of piperazine rings is 1. The Hall–Kier alpha value is -2.77. The van der Waals surface area contributed by atoms with Crippen LogP contribution in [0.15, 0.2) is 66.3 Å². The predicted octanol–water partition coefficient (Wildman–Crippen LogP) is 2.24. The minimum absolute atomic E-state index is 0.122. The van der Waals surface area contributed by atoms with Crippen molar-refractivity contribution < 1.29 is 13.2 Å². The summed E-state index contributed by atoms with van der Waals surface area (Å²) in [6.45, 7) is 1.32. The summed E-state index contributed by atoms with van der Waals surface area (Å²) in [5.74, 6) is -0.122. The maximum Gasteiger partial charge on any atom is 0.246 e. The third kappa shape index (κ3) is 5.35. The Morgan fingerprint density at radius 2 is 1.52 bits per heavy atom. The van der Waals surface area contributed by atoms with Crippen LogP contribution in [0, 0.1) is 0 Å². The van der Waals surface area contributed by atoms with Crippen LogP contribution >= 0.6 is 0 Å². The Labute approximate surface area is 159 Å². The van der Waals surface area contributed by atoms with Crippen molar-refractivity contribution in [3.05, 3.63) is 77.5 Å². The monoisotopic (exact) mass is 383 g/mol. The van der Waals surface area contributed by atoms with Crippen LogP contribution in [-0.4, -0.2) is 54.7 Å². The predicted molar refractivity (Wildman–Crippen MR) is 106 cm³/mol. The quantitative estimate of drug-likeness (QED) is 0.743. The average molecular weight is 383 g/mol. The molecule has 0 N–H and O–H groups in total. The number of hydrogen-bond acceptors (Lipinski definition) is 4. The normalized spacial score (nSPS) is 16.2. The van der Waals surface area contributed by atoms with Gasteiger partial charge in [0.1, 0.15) is 0 Å². The van der Waals surface area contributed by atoms with Crippen LogP contribution in [-0.2, 0) is 14.8 Å². The molecule has 1 aromatic heterocycles. The van der Waals surface area contributed by atoms with Crippen LogP contribution < -0.4 is 0 Å². The van der Waals surface area contributed by atoms with E-state index in [0.717, 1.165) is 11.1 Å². The second-order valence-corrected chi connectivity index (χ2v) is 7.92. The number of hydrogen-bond donors (Lipinski definition) is 0. The summed E-state index contributed by atoms with van der Waals surface area (Å²) in [6, 6.07) is 12.9. The molecule has 0 saturated carbocycles. The Morgan fingerprint density at radius 3 is 2.19 bits per heavy atom. The lowest BCUT2D eigenvalue weighted by atomic mass is 10.2. The highest BCUT2D eigenvalue weighted by atomic mass is 32.2. The maximum absolute atomic E-state index is 12.5. The first-order chi connectivity index (χ1) is 13.0. The van der Waals surface area contributed by atoms with Gasteiger partial charge in [-0.05, 0) is 35.4 Å². The van der Waals surface area contributed by atoms with Gasteiger partial charge in [-0.2, -0.15) is 4.31 Å². The zero-order chi connectivity index (χ0) is 19.1. The molecule has 6 nitrogen and oxygen atoms in total. The van der Waals surface area contributed by atoms with E-state index < -0.39 is 10.0 Å². The topological polar surface area (TPSA) is 70.6 Å². The first kappa shape index (κ1) is 19.0. The van der Waals surface area contributed by atoms with E-state index in [4.69, 9.17) is 0 Å². The second-order valence-electron chi connectivity index (χ2n) is 6.10. The molecule has 0 bridgehead atoms. The molecule has 0 aliphatic carbocycles. The molecular weight excluding hydrogens is 362 g/mol. The van der Waals surface area contributed by atoms with E-state index in [0.29, 0.717) is 13.1 Å². The molecule has 0 spiro atoms. The SMILES string of the molecule is O=C(/C=C/c1ccncc1)N1CCN(S(=O)(=O)/C=C/c2ccccc2)CC1. The third-order valence-electron chi connectivity index (χ3n) is 4.27. The summed E-state index contributed by atoms with van der Waals surface area (Å²) in [5.41, 5.74) is 1.72. The van der Waals surface area contributed by atoms with Gasteiger partial charge in [-0.15, -0.1) is 0 Å². The van der Waals surface area contributed by atoms with Crippen molar-refractivity contribution in [1.82, 2.24) is 14.2 Å². The van der Waals surface area contributed by atoms with Gasteiger partial charge in [0, 0.05) is 50.1 Å². The van der Waals surface area contributed by atoms with Crippen molar-refractivity contribution in [2.75, 3.05) is 26.2 Å². The van der Waals surface area contributed by atoms with E-state index in [1.54, 1.807) is 29.4 Å². The molecule has 1 saturated heterocycles. The minimum Gasteiger partial charge on any atom is -0.337 e. The minimum atomic E-state index is -3.50. The van der Waals surface area contributed by atoms with Gasteiger partial charge in [0.2, 0.25) is 15.9 Å². The first-order valence-electron chi connectivity index (χ1n) is 8.65. The fourth-order valence-electron chi connectivity index (χ4n) is 2.73. The number of pyridine rings is 1. The third-order valence-corrected chi connectivity index (χ3v) is 5.83. The highest BCUT2D eigenvalue weighted by Gasteiger charge is 2.26. The molecular formula is C20H21N3O3S. The van der Waals surface area contributed by atoms with Crippen LogP contribution in [0.2, 0.25) is 0 Å². The van der Waals surface area contributed by atoms with Crippen molar-refractivity contribution in [1.29, 1.82) is 0 Å². The Balaban J connectivity index is 1.55. The Kier molecular flexibility index (Phi) is 6.16. The van der Waals surface area contributed by atoms with Crippen LogP contribution in [0.25, 0.3) is 12.2 Å². The van der Waals surface area contributed by atoms with E-state index >= 15 is 0 Å². The van der Waals surface area contributed by atoms with E-state index in [1.807, 2.05) is 42.5 Å². The molecule has 0 atom stereocenters. The fourth-order valence-corrected chi connectivity index (χ4v) is 3.90. The van der Waals surface area contributed by atoms with E-state index in [9.17, 15) is 13.2 Å². The summed E-state index contributed by atoms with van der Waals surface area (Å²) in [5, 5.41) is 1.23. The van der Waals surface area contributed by atoms with Gasteiger partial charge in [0.05, 0.1) is 0 Å². The molecule has 2 aromatic rings. The number of rotatable bonds is 5. The van der Waals surface area contributed by atoms with Crippen LogP contribution in [0.1, 0.15) is 11.1 Å². The molecule has 0 unspecified atom stereocenters. The van der Waals surface area contributed by atoms with Crippen LogP contribution in [0.5, 0.6) is 0 Å². The zero-order valence-corrected chi connectivity index (χ0v) is 15.6. The molecule has 1 aliphatic rings. The number of carbonyl (C=O) groups excluding carboxylic acids is 1. The van der Waals surface area contributed by atoms with E-state index in [2.05, 4.69) is 4.98 Å². The van der Waals surface area contributed by atoms with Crippen LogP contribution in [0.4, 0.5) is 0 Å². The molecule has 2 heterocycles. The fraction of sp³-hybridized carbons (Fsp3) is 0.200. The molecule has 1 aromatic carbocycles. The van der Waals surface area contributed by atoms with Crippen LogP contribution in [0.3, 0.4) is 0 Å². The molecule has 1 fully saturated rings. The molecule has 3 rings (SSSR count). The highest BCUT2D eigenvalue weighted by Crippen LogP contribution is 2.12. The lowest BCUT2D eigenvalue weighted by Crippen LogP contribution is -2.49. The second kappa shape index (κ2) is 8.75. The molecule has 140 valence electrons. The van der Waals surface area contributed by atoms with Gasteiger partial charge in [0.25, 0.3) is 0 Å². The average Bonchev–Trinajstić information content (AvgIpc) is 2.72. The molecule has 1 amide bonds. The Morgan fingerprint density at radius 1 is 0.889 bits per heavy atom. The maximum atomic E-state index is 12.5. The summed E-state index contributed by atoms with van der Waals surface area (Å²) in [4.78, 5) is 17.9. The van der Waals surface area contributed by atoms with Gasteiger partial charge in [0.15, 0.2) is 0 Å². The lowest BCUT2D eigenvalue weighted by molar-refractivity contribution is -0.127. The van der Waals surface area contributed by atoms with E-state index in [-0.39, 0.29) is 19.0 Å². The number of amides is 1. The van der Waals surface area contributed by atoms with Crippen molar-refractivity contribution >= 4 is 28.1 Å². The molecule has 0 radical (unpaired) electrons. The Bertz CT molecular complexity index is 917. The summed E-state index contributed by atoms with van der Waals surface area (Å²) in [7, 11) is -3.50. The van der Waals surface area contributed by atoms with Gasteiger partial charge in [-0.1, -0.05) is 30.3 Å².